The van der Waals surface area contributed by atoms with Crippen LogP contribution in [-0.2, 0) is 0 Å². The van der Waals surface area contributed by atoms with E-state index in [1.54, 1.807) is 0 Å². The summed E-state index contributed by atoms with van der Waals surface area (Å²) in [6.07, 6.45) is -0.0804. The fourth-order valence-corrected chi connectivity index (χ4v) is 4.41. The maximum absolute atomic E-state index is 13.8. The van der Waals surface area contributed by atoms with E-state index in [2.05, 4.69) is 43.1 Å². The van der Waals surface area contributed by atoms with Gasteiger partial charge in [0.05, 0.1) is 6.54 Å². The molecule has 1 aromatic heterocycles. The summed E-state index contributed by atoms with van der Waals surface area (Å²) in [7, 11) is 0. The average molecular weight is 387 g/mol. The van der Waals surface area contributed by atoms with Crippen LogP contribution in [-0.4, -0.2) is 29.7 Å². The highest BCUT2D eigenvalue weighted by atomic mass is 32.2. The van der Waals surface area contributed by atoms with E-state index < -0.39 is 5.92 Å². The summed E-state index contributed by atoms with van der Waals surface area (Å²) in [6, 6.07) is 16.4. The minimum Gasteiger partial charge on any atom is -0.365 e. The topological polar surface area (TPSA) is 19.0 Å². The molecule has 1 fully saturated rings. The highest BCUT2D eigenvalue weighted by molar-refractivity contribution is 7.99. The van der Waals surface area contributed by atoms with Crippen molar-refractivity contribution in [2.45, 2.75) is 31.1 Å². The molecular formula is C22H24F2N2S. The molecule has 142 valence electrons. The Hall–Kier alpha value is -2.01. The van der Waals surface area contributed by atoms with Crippen LogP contribution in [0.3, 0.4) is 0 Å². The lowest BCUT2D eigenvalue weighted by Gasteiger charge is -2.22. The van der Waals surface area contributed by atoms with Crippen molar-refractivity contribution in [1.82, 2.24) is 4.98 Å². The Morgan fingerprint density at radius 3 is 2.67 bits per heavy atom. The quantitative estimate of drug-likeness (QED) is 0.510. The number of benzene rings is 2. The van der Waals surface area contributed by atoms with Crippen LogP contribution < -0.4 is 4.90 Å². The third-order valence-corrected chi connectivity index (χ3v) is 6.30. The molecule has 1 aliphatic heterocycles. The van der Waals surface area contributed by atoms with Crippen LogP contribution in [0.1, 0.15) is 20.3 Å². The minimum atomic E-state index is -2.61. The molecule has 5 heteroatoms. The second-order valence-corrected chi connectivity index (χ2v) is 8.77. The van der Waals surface area contributed by atoms with Crippen LogP contribution in [0.5, 0.6) is 0 Å². The van der Waals surface area contributed by atoms with Crippen molar-refractivity contribution >= 4 is 28.4 Å². The number of anilines is 1. The van der Waals surface area contributed by atoms with Gasteiger partial charge in [0.15, 0.2) is 0 Å². The molecule has 0 amide bonds. The van der Waals surface area contributed by atoms with Gasteiger partial charge in [0.1, 0.15) is 0 Å². The van der Waals surface area contributed by atoms with E-state index >= 15 is 0 Å². The summed E-state index contributed by atoms with van der Waals surface area (Å²) in [6.45, 7) is 4.58. The molecule has 0 unspecified atom stereocenters. The average Bonchev–Trinajstić information content (AvgIpc) is 3.22. The number of H-pyrrole nitrogens is 1. The number of aromatic amines is 1. The number of para-hydroxylation sites is 1. The van der Waals surface area contributed by atoms with Gasteiger partial charge in [-0.3, -0.25) is 0 Å². The van der Waals surface area contributed by atoms with Crippen LogP contribution in [0.15, 0.2) is 53.4 Å². The summed E-state index contributed by atoms with van der Waals surface area (Å²) in [5.74, 6) is -0.973. The van der Waals surface area contributed by atoms with Gasteiger partial charge in [0, 0.05) is 51.5 Å². The largest absolute Gasteiger partial charge is 0.365 e. The molecule has 0 atom stereocenters. The van der Waals surface area contributed by atoms with Gasteiger partial charge in [-0.05, 0) is 36.2 Å². The molecule has 1 N–H and O–H groups in total. The Morgan fingerprint density at radius 1 is 1.15 bits per heavy atom. The molecular weight excluding hydrogens is 362 g/mol. The first-order valence-electron chi connectivity index (χ1n) is 9.39. The molecule has 0 spiro atoms. The lowest BCUT2D eigenvalue weighted by atomic mass is 10.1. The van der Waals surface area contributed by atoms with Gasteiger partial charge in [0.2, 0.25) is 0 Å². The van der Waals surface area contributed by atoms with Gasteiger partial charge < -0.3 is 9.88 Å². The number of alkyl halides is 2. The molecule has 2 heterocycles. The number of nitrogens with zero attached hydrogens (tertiary/aromatic N) is 1. The molecule has 3 aromatic rings. The van der Waals surface area contributed by atoms with Crippen molar-refractivity contribution in [3.63, 3.8) is 0 Å². The van der Waals surface area contributed by atoms with Crippen molar-refractivity contribution < 1.29 is 8.78 Å². The lowest BCUT2D eigenvalue weighted by molar-refractivity contribution is 0.0257. The molecule has 2 aromatic carbocycles. The van der Waals surface area contributed by atoms with Gasteiger partial charge in [-0.1, -0.05) is 32.0 Å². The zero-order chi connectivity index (χ0) is 19.0. The van der Waals surface area contributed by atoms with Gasteiger partial charge >= 0.3 is 0 Å². The number of fused-ring (bicyclic) bond motifs is 1. The molecule has 0 radical (unpaired) electrons. The summed E-state index contributed by atoms with van der Waals surface area (Å²) < 4.78 is 27.6. The van der Waals surface area contributed by atoms with E-state index in [0.717, 1.165) is 33.6 Å². The van der Waals surface area contributed by atoms with Crippen LogP contribution in [0.25, 0.3) is 22.2 Å². The molecule has 27 heavy (non-hydrogen) atoms. The van der Waals surface area contributed by atoms with E-state index in [4.69, 9.17) is 0 Å². The predicted octanol–water partition coefficient (Wildman–Crippen LogP) is 6.43. The van der Waals surface area contributed by atoms with Gasteiger partial charge in [-0.2, -0.15) is 0 Å². The van der Waals surface area contributed by atoms with E-state index in [1.807, 2.05) is 40.9 Å². The lowest BCUT2D eigenvalue weighted by Crippen LogP contribution is -2.25. The predicted molar refractivity (Wildman–Crippen MR) is 111 cm³/mol. The number of hydrogen-bond acceptors (Lipinski definition) is 2. The minimum absolute atomic E-state index is 0.0804. The normalized spacial score (nSPS) is 16.6. The van der Waals surface area contributed by atoms with E-state index in [1.165, 1.54) is 4.90 Å². The van der Waals surface area contributed by atoms with E-state index in [0.29, 0.717) is 12.5 Å². The zero-order valence-corrected chi connectivity index (χ0v) is 16.5. The Morgan fingerprint density at radius 2 is 1.96 bits per heavy atom. The Balaban J connectivity index is 1.76. The Labute approximate surface area is 163 Å². The highest BCUT2D eigenvalue weighted by Gasteiger charge is 2.39. The van der Waals surface area contributed by atoms with Crippen LogP contribution in [0.4, 0.5) is 14.5 Å². The van der Waals surface area contributed by atoms with Crippen molar-refractivity contribution in [2.24, 2.45) is 5.92 Å². The van der Waals surface area contributed by atoms with Crippen molar-refractivity contribution in [2.75, 3.05) is 23.7 Å². The smallest absolute Gasteiger partial charge is 0.266 e. The number of thioether (sulfide) groups is 1. The van der Waals surface area contributed by atoms with Crippen LogP contribution in [0, 0.1) is 5.92 Å². The molecule has 0 bridgehead atoms. The third-order valence-electron chi connectivity index (χ3n) is 4.88. The summed E-state index contributed by atoms with van der Waals surface area (Å²) in [5.41, 5.74) is 3.92. The molecule has 4 rings (SSSR count). The number of rotatable bonds is 5. The standard InChI is InChI=1S/C22H24F2N2S/c1-15(2)13-27-17-7-8-21(26-10-9-22(23,24)14-26)18(12-17)20-11-16-5-3-4-6-19(16)25-20/h3-8,11-12,15,25H,9-10,13-14H2,1-2H3. The van der Waals surface area contributed by atoms with Gasteiger partial charge in [0.25, 0.3) is 5.92 Å². The summed E-state index contributed by atoms with van der Waals surface area (Å²) in [4.78, 5) is 6.46. The van der Waals surface area contributed by atoms with Gasteiger partial charge in [-0.15, -0.1) is 11.8 Å². The molecule has 1 saturated heterocycles. The Kier molecular flexibility index (Phi) is 4.89. The number of halogens is 2. The van der Waals surface area contributed by atoms with Crippen LogP contribution >= 0.6 is 11.8 Å². The van der Waals surface area contributed by atoms with Crippen molar-refractivity contribution in [1.29, 1.82) is 0 Å². The van der Waals surface area contributed by atoms with Crippen LogP contribution in [0.2, 0.25) is 0 Å². The van der Waals surface area contributed by atoms with Gasteiger partial charge in [-0.25, -0.2) is 8.78 Å². The second-order valence-electron chi connectivity index (χ2n) is 7.68. The maximum Gasteiger partial charge on any atom is 0.266 e. The molecule has 1 aliphatic rings. The zero-order valence-electron chi connectivity index (χ0n) is 15.6. The maximum atomic E-state index is 13.8. The highest BCUT2D eigenvalue weighted by Crippen LogP contribution is 2.39. The Bertz CT molecular complexity index is 915. The SMILES string of the molecule is CC(C)CSc1ccc(N2CCC(F)(F)C2)c(-c2cc3ccccc3[nH]2)c1. The first kappa shape index (κ1) is 18.4. The fourth-order valence-electron chi connectivity index (χ4n) is 3.52. The molecule has 0 aliphatic carbocycles. The molecule has 0 saturated carbocycles. The fraction of sp³-hybridized carbons (Fsp3) is 0.364. The second kappa shape index (κ2) is 7.19. The van der Waals surface area contributed by atoms with Crippen molar-refractivity contribution in [3.05, 3.63) is 48.5 Å². The number of hydrogen-bond donors (Lipinski definition) is 1. The number of aromatic nitrogens is 1. The summed E-state index contributed by atoms with van der Waals surface area (Å²) in [5, 5.41) is 1.13. The summed E-state index contributed by atoms with van der Waals surface area (Å²) >= 11 is 1.81. The molecule has 2 nitrogen and oxygen atoms in total. The third kappa shape index (κ3) is 3.98. The first-order chi connectivity index (χ1) is 12.9. The monoisotopic (exact) mass is 386 g/mol. The van der Waals surface area contributed by atoms with E-state index in [-0.39, 0.29) is 13.0 Å². The van der Waals surface area contributed by atoms with E-state index in [9.17, 15) is 8.78 Å². The first-order valence-corrected chi connectivity index (χ1v) is 10.4. The van der Waals surface area contributed by atoms with Crippen molar-refractivity contribution in [3.8, 4) is 11.3 Å². The number of nitrogens with one attached hydrogen (secondary N) is 1.